The fourth-order valence-corrected chi connectivity index (χ4v) is 4.82. The van der Waals surface area contributed by atoms with Crippen molar-refractivity contribution in [3.63, 3.8) is 0 Å². The first-order valence-corrected chi connectivity index (χ1v) is 13.0. The maximum Gasteiger partial charge on any atom is 0.326 e. The summed E-state index contributed by atoms with van der Waals surface area (Å²) >= 11 is 0. The van der Waals surface area contributed by atoms with E-state index >= 15 is 0 Å². The third-order valence-electron chi connectivity index (χ3n) is 7.30. The molecule has 37 heavy (non-hydrogen) atoms. The Balaban J connectivity index is 1.70. The molecule has 6 N–H and O–H groups in total. The fraction of sp³-hybridized carbons (Fsp3) is 0.556. The number of carboxylic acid groups (broad SMARTS) is 1. The number of benzene rings is 1. The lowest BCUT2D eigenvalue weighted by Crippen LogP contribution is -2.60. The molecule has 1 aromatic carbocycles. The number of carboxylic acids is 1. The van der Waals surface area contributed by atoms with Gasteiger partial charge in [-0.15, -0.1) is 0 Å². The van der Waals surface area contributed by atoms with Crippen molar-refractivity contribution in [2.24, 2.45) is 17.6 Å². The van der Waals surface area contributed by atoms with Crippen LogP contribution in [-0.2, 0) is 25.6 Å². The van der Waals surface area contributed by atoms with E-state index in [2.05, 4.69) is 15.6 Å². The van der Waals surface area contributed by atoms with Crippen molar-refractivity contribution in [1.29, 1.82) is 0 Å². The number of nitrogens with two attached hydrogens (primary N) is 1. The van der Waals surface area contributed by atoms with Crippen molar-refractivity contribution in [1.82, 2.24) is 20.5 Å². The summed E-state index contributed by atoms with van der Waals surface area (Å²) in [4.78, 5) is 55.8. The number of nitrogens with one attached hydrogen (secondary N) is 3. The first-order valence-electron chi connectivity index (χ1n) is 13.0. The van der Waals surface area contributed by atoms with Gasteiger partial charge in [0, 0.05) is 23.6 Å². The van der Waals surface area contributed by atoms with Crippen molar-refractivity contribution < 1.29 is 24.3 Å². The van der Waals surface area contributed by atoms with Crippen molar-refractivity contribution in [2.45, 2.75) is 77.5 Å². The average molecular weight is 514 g/mol. The molecule has 2 heterocycles. The van der Waals surface area contributed by atoms with E-state index < -0.39 is 47.9 Å². The number of aliphatic carboxylic acids is 1. The number of hydrogen-bond donors (Lipinski definition) is 5. The summed E-state index contributed by atoms with van der Waals surface area (Å²) < 4.78 is 0. The standard InChI is InChI=1S/C27H39N5O5/c1-5-16(4)23(26(35)32-12-8-11-21(32)27(36)37)31-25(34)22(15(2)3)30-24(33)19(28)13-17-14-29-20-10-7-6-9-18(17)20/h6-7,9-10,14-16,19,21-23,29H,5,8,11-13,28H2,1-4H3,(H,30,33)(H,31,34)(H,36,37). The Morgan fingerprint density at radius 3 is 2.43 bits per heavy atom. The molecule has 3 amide bonds. The molecule has 5 unspecified atom stereocenters. The number of hydrogen-bond acceptors (Lipinski definition) is 5. The number of para-hydroxylation sites is 1. The number of amides is 3. The van der Waals surface area contributed by atoms with Gasteiger partial charge in [0.15, 0.2) is 0 Å². The van der Waals surface area contributed by atoms with Crippen LogP contribution in [0.4, 0.5) is 0 Å². The number of fused-ring (bicyclic) bond motifs is 1. The maximum atomic E-state index is 13.3. The zero-order chi connectivity index (χ0) is 27.3. The molecule has 5 atom stereocenters. The minimum Gasteiger partial charge on any atom is -0.480 e. The quantitative estimate of drug-likeness (QED) is 0.308. The molecular weight excluding hydrogens is 474 g/mol. The van der Waals surface area contributed by atoms with Crippen LogP contribution in [0.3, 0.4) is 0 Å². The van der Waals surface area contributed by atoms with Gasteiger partial charge in [0.1, 0.15) is 18.1 Å². The average Bonchev–Trinajstić information content (AvgIpc) is 3.52. The van der Waals surface area contributed by atoms with E-state index in [-0.39, 0.29) is 11.8 Å². The summed E-state index contributed by atoms with van der Waals surface area (Å²) in [5, 5.41) is 16.1. The number of aromatic amines is 1. The maximum absolute atomic E-state index is 13.3. The molecule has 1 aliphatic rings. The van der Waals surface area contributed by atoms with Gasteiger partial charge in [-0.05, 0) is 42.7 Å². The van der Waals surface area contributed by atoms with Crippen LogP contribution < -0.4 is 16.4 Å². The summed E-state index contributed by atoms with van der Waals surface area (Å²) in [5.74, 6) is -2.90. The van der Waals surface area contributed by atoms with Gasteiger partial charge in [0.2, 0.25) is 17.7 Å². The second-order valence-corrected chi connectivity index (χ2v) is 10.3. The lowest BCUT2D eigenvalue weighted by Gasteiger charge is -2.32. The molecule has 1 aliphatic heterocycles. The number of aromatic nitrogens is 1. The molecule has 3 rings (SSSR count). The number of H-pyrrole nitrogens is 1. The molecule has 2 aromatic rings. The molecular formula is C27H39N5O5. The summed E-state index contributed by atoms with van der Waals surface area (Å²) in [7, 11) is 0. The predicted octanol–water partition coefficient (Wildman–Crippen LogP) is 1.79. The Morgan fingerprint density at radius 1 is 1.11 bits per heavy atom. The van der Waals surface area contributed by atoms with Crippen LogP contribution in [0.1, 0.15) is 52.5 Å². The SMILES string of the molecule is CCC(C)C(NC(=O)C(NC(=O)C(N)Cc1c[nH]c2ccccc12)C(C)C)C(=O)N1CCCC1C(=O)O. The molecule has 0 radical (unpaired) electrons. The minimum atomic E-state index is -1.04. The van der Waals surface area contributed by atoms with Gasteiger partial charge < -0.3 is 31.4 Å². The van der Waals surface area contributed by atoms with Crippen LogP contribution in [0.2, 0.25) is 0 Å². The Hall–Kier alpha value is -3.40. The normalized spacial score (nSPS) is 18.9. The van der Waals surface area contributed by atoms with Gasteiger partial charge >= 0.3 is 5.97 Å². The molecule has 10 nitrogen and oxygen atoms in total. The highest BCUT2D eigenvalue weighted by molar-refractivity contribution is 5.95. The number of likely N-dealkylation sites (tertiary alicyclic amines) is 1. The highest BCUT2D eigenvalue weighted by Gasteiger charge is 2.40. The summed E-state index contributed by atoms with van der Waals surface area (Å²) in [6, 6.07) is 4.17. The highest BCUT2D eigenvalue weighted by Crippen LogP contribution is 2.22. The largest absolute Gasteiger partial charge is 0.480 e. The van der Waals surface area contributed by atoms with Gasteiger partial charge in [-0.3, -0.25) is 14.4 Å². The van der Waals surface area contributed by atoms with E-state index in [1.807, 2.05) is 44.3 Å². The lowest BCUT2D eigenvalue weighted by atomic mass is 9.95. The monoisotopic (exact) mass is 513 g/mol. The van der Waals surface area contributed by atoms with Crippen molar-refractivity contribution in [3.8, 4) is 0 Å². The zero-order valence-corrected chi connectivity index (χ0v) is 22.0. The van der Waals surface area contributed by atoms with Crippen molar-refractivity contribution >= 4 is 34.6 Å². The fourth-order valence-electron chi connectivity index (χ4n) is 4.82. The number of carbonyl (C=O) groups is 4. The van der Waals surface area contributed by atoms with Crippen LogP contribution >= 0.6 is 0 Å². The Bertz CT molecular complexity index is 1130. The molecule has 0 saturated carbocycles. The van der Waals surface area contributed by atoms with Crippen LogP contribution in [0.5, 0.6) is 0 Å². The topological polar surface area (TPSA) is 158 Å². The lowest BCUT2D eigenvalue weighted by molar-refractivity contribution is -0.150. The summed E-state index contributed by atoms with van der Waals surface area (Å²) in [6.07, 6.45) is 3.72. The second kappa shape index (κ2) is 12.2. The molecule has 0 spiro atoms. The van der Waals surface area contributed by atoms with E-state index in [0.717, 1.165) is 16.5 Å². The van der Waals surface area contributed by atoms with Crippen LogP contribution in [-0.4, -0.2) is 69.4 Å². The predicted molar refractivity (Wildman–Crippen MR) is 141 cm³/mol. The summed E-state index contributed by atoms with van der Waals surface area (Å²) in [6.45, 7) is 7.69. The molecule has 0 aliphatic carbocycles. The molecule has 0 bridgehead atoms. The van der Waals surface area contributed by atoms with E-state index in [1.54, 1.807) is 13.8 Å². The molecule has 10 heteroatoms. The summed E-state index contributed by atoms with van der Waals surface area (Å²) in [5.41, 5.74) is 8.08. The second-order valence-electron chi connectivity index (χ2n) is 10.3. The van der Waals surface area contributed by atoms with Gasteiger partial charge in [-0.2, -0.15) is 0 Å². The van der Waals surface area contributed by atoms with Crippen LogP contribution in [0.25, 0.3) is 10.9 Å². The van der Waals surface area contributed by atoms with Gasteiger partial charge in [0.05, 0.1) is 6.04 Å². The first-order chi connectivity index (χ1) is 17.5. The smallest absolute Gasteiger partial charge is 0.326 e. The van der Waals surface area contributed by atoms with Gasteiger partial charge in [0.25, 0.3) is 0 Å². The van der Waals surface area contributed by atoms with E-state index in [4.69, 9.17) is 5.73 Å². The first kappa shape index (κ1) is 28.2. The Kier molecular flexibility index (Phi) is 9.31. The number of rotatable bonds is 11. The van der Waals surface area contributed by atoms with Crippen LogP contribution in [0, 0.1) is 11.8 Å². The Labute approximate surface area is 217 Å². The minimum absolute atomic E-state index is 0.223. The Morgan fingerprint density at radius 2 is 1.78 bits per heavy atom. The van der Waals surface area contributed by atoms with E-state index in [1.165, 1.54) is 4.90 Å². The third-order valence-corrected chi connectivity index (χ3v) is 7.30. The van der Waals surface area contributed by atoms with E-state index in [9.17, 15) is 24.3 Å². The van der Waals surface area contributed by atoms with Gasteiger partial charge in [-0.25, -0.2) is 4.79 Å². The molecule has 1 fully saturated rings. The van der Waals surface area contributed by atoms with E-state index in [0.29, 0.717) is 32.2 Å². The van der Waals surface area contributed by atoms with Gasteiger partial charge in [-0.1, -0.05) is 52.3 Å². The van der Waals surface area contributed by atoms with Crippen molar-refractivity contribution in [2.75, 3.05) is 6.54 Å². The molecule has 1 aromatic heterocycles. The number of nitrogens with zero attached hydrogens (tertiary/aromatic N) is 1. The molecule has 1 saturated heterocycles. The third kappa shape index (κ3) is 6.49. The van der Waals surface area contributed by atoms with Crippen molar-refractivity contribution in [3.05, 3.63) is 36.0 Å². The zero-order valence-electron chi connectivity index (χ0n) is 22.0. The molecule has 202 valence electrons. The van der Waals surface area contributed by atoms with Crippen LogP contribution in [0.15, 0.2) is 30.5 Å². The highest BCUT2D eigenvalue weighted by atomic mass is 16.4. The number of carbonyl (C=O) groups excluding carboxylic acids is 3.